The number of carboxylic acid groups (broad SMARTS) is 1. The number of hydrogen-bond acceptors (Lipinski definition) is 4. The van der Waals surface area contributed by atoms with Crippen LogP contribution in [-0.2, 0) is 9.59 Å². The van der Waals surface area contributed by atoms with Crippen molar-refractivity contribution in [3.05, 3.63) is 0 Å². The van der Waals surface area contributed by atoms with E-state index in [0.717, 1.165) is 26.1 Å². The fraction of sp³-hybridized carbons (Fsp3) is 0.833. The van der Waals surface area contributed by atoms with Gasteiger partial charge in [0.15, 0.2) is 0 Å². The molecule has 0 aliphatic carbocycles. The van der Waals surface area contributed by atoms with E-state index >= 15 is 0 Å². The summed E-state index contributed by atoms with van der Waals surface area (Å²) in [4.78, 5) is 26.6. The van der Waals surface area contributed by atoms with E-state index in [1.807, 2.05) is 0 Å². The van der Waals surface area contributed by atoms with E-state index in [2.05, 4.69) is 10.2 Å². The van der Waals surface area contributed by atoms with Crippen LogP contribution < -0.4 is 5.32 Å². The van der Waals surface area contributed by atoms with Crippen LogP contribution in [0.5, 0.6) is 0 Å². The predicted molar refractivity (Wildman–Crippen MR) is 66.3 cm³/mol. The number of aliphatic carboxylic acids is 1. The normalized spacial score (nSPS) is 26.2. The van der Waals surface area contributed by atoms with Crippen LogP contribution in [0.3, 0.4) is 0 Å². The van der Waals surface area contributed by atoms with Gasteiger partial charge in [-0.05, 0) is 38.9 Å². The first-order valence-corrected chi connectivity index (χ1v) is 6.63. The van der Waals surface area contributed by atoms with E-state index in [0.29, 0.717) is 6.54 Å². The summed E-state index contributed by atoms with van der Waals surface area (Å²) in [6.07, 6.45) is 3.46. The number of carboxylic acids is 1. The number of hydrogen-bond donors (Lipinski definition) is 2. The maximum Gasteiger partial charge on any atom is 0.322 e. The topological polar surface area (TPSA) is 72.9 Å². The Morgan fingerprint density at radius 3 is 2.72 bits per heavy atom. The Bertz CT molecular complexity index is 316. The summed E-state index contributed by atoms with van der Waals surface area (Å²) in [5.74, 6) is -0.926. The van der Waals surface area contributed by atoms with Gasteiger partial charge in [0.25, 0.3) is 0 Å². The molecule has 2 saturated heterocycles. The van der Waals surface area contributed by atoms with Crippen LogP contribution >= 0.6 is 0 Å². The van der Waals surface area contributed by atoms with Crippen LogP contribution in [0, 0.1) is 0 Å². The standard InChI is InChI=1S/C12H21N3O3/c16-11-9-15(10(8-13-11)12(17)18)7-3-6-14-4-1-2-5-14/h10H,1-9H2,(H,13,16)(H,17,18). The third kappa shape index (κ3) is 3.43. The maximum atomic E-state index is 11.3. The van der Waals surface area contributed by atoms with E-state index < -0.39 is 12.0 Å². The Kier molecular flexibility index (Phi) is 4.54. The molecule has 18 heavy (non-hydrogen) atoms. The van der Waals surface area contributed by atoms with Crippen molar-refractivity contribution in [3.8, 4) is 0 Å². The number of nitrogens with one attached hydrogen (secondary N) is 1. The Morgan fingerprint density at radius 1 is 1.33 bits per heavy atom. The summed E-state index contributed by atoms with van der Waals surface area (Å²) in [6, 6.07) is -0.568. The summed E-state index contributed by atoms with van der Waals surface area (Å²) in [7, 11) is 0. The van der Waals surface area contributed by atoms with Gasteiger partial charge in [-0.2, -0.15) is 0 Å². The molecular weight excluding hydrogens is 234 g/mol. The van der Waals surface area contributed by atoms with Crippen molar-refractivity contribution in [3.63, 3.8) is 0 Å². The molecule has 1 amide bonds. The van der Waals surface area contributed by atoms with Crippen molar-refractivity contribution in [1.82, 2.24) is 15.1 Å². The molecule has 2 heterocycles. The van der Waals surface area contributed by atoms with E-state index in [-0.39, 0.29) is 19.0 Å². The van der Waals surface area contributed by atoms with Crippen LogP contribution in [0.25, 0.3) is 0 Å². The lowest BCUT2D eigenvalue weighted by molar-refractivity contribution is -0.146. The molecule has 2 fully saturated rings. The van der Waals surface area contributed by atoms with Gasteiger partial charge in [-0.3, -0.25) is 14.5 Å². The van der Waals surface area contributed by atoms with Gasteiger partial charge in [-0.15, -0.1) is 0 Å². The summed E-state index contributed by atoms with van der Waals surface area (Å²) in [5, 5.41) is 11.7. The quantitative estimate of drug-likeness (QED) is 0.683. The highest BCUT2D eigenvalue weighted by atomic mass is 16.4. The van der Waals surface area contributed by atoms with Crippen molar-refractivity contribution in [2.45, 2.75) is 25.3 Å². The lowest BCUT2D eigenvalue weighted by Gasteiger charge is -2.32. The zero-order valence-corrected chi connectivity index (χ0v) is 10.6. The Hall–Kier alpha value is -1.14. The lowest BCUT2D eigenvalue weighted by Crippen LogP contribution is -2.57. The molecule has 0 spiro atoms. The Labute approximate surface area is 107 Å². The molecule has 0 bridgehead atoms. The zero-order chi connectivity index (χ0) is 13.0. The molecule has 2 N–H and O–H groups in total. The van der Waals surface area contributed by atoms with Crippen molar-refractivity contribution in [1.29, 1.82) is 0 Å². The van der Waals surface area contributed by atoms with Crippen LogP contribution in [0.15, 0.2) is 0 Å². The third-order valence-electron chi connectivity index (χ3n) is 3.68. The molecule has 0 aromatic rings. The van der Waals surface area contributed by atoms with E-state index in [1.165, 1.54) is 12.8 Å². The number of amides is 1. The van der Waals surface area contributed by atoms with Gasteiger partial charge in [0.2, 0.25) is 5.91 Å². The SMILES string of the molecule is O=C1CN(CCCN2CCCC2)C(C(=O)O)CN1. The molecule has 6 heteroatoms. The maximum absolute atomic E-state index is 11.3. The molecule has 2 rings (SSSR count). The molecule has 0 aromatic carbocycles. The number of carbonyl (C=O) groups excluding carboxylic acids is 1. The minimum atomic E-state index is -0.851. The monoisotopic (exact) mass is 255 g/mol. The fourth-order valence-electron chi connectivity index (χ4n) is 2.67. The Balaban J connectivity index is 1.77. The average Bonchev–Trinajstić information content (AvgIpc) is 2.82. The second-order valence-corrected chi connectivity index (χ2v) is 5.03. The highest BCUT2D eigenvalue weighted by molar-refractivity contribution is 5.83. The van der Waals surface area contributed by atoms with Gasteiger partial charge in [0, 0.05) is 13.1 Å². The van der Waals surface area contributed by atoms with Crippen LogP contribution in [0.1, 0.15) is 19.3 Å². The zero-order valence-electron chi connectivity index (χ0n) is 10.6. The summed E-state index contributed by atoms with van der Waals surface area (Å²) in [5.41, 5.74) is 0. The number of piperazine rings is 1. The molecule has 1 unspecified atom stereocenters. The highest BCUT2D eigenvalue weighted by Gasteiger charge is 2.31. The molecule has 102 valence electrons. The molecular formula is C12H21N3O3. The average molecular weight is 255 g/mol. The third-order valence-corrected chi connectivity index (χ3v) is 3.68. The molecule has 1 atom stereocenters. The molecule has 0 aromatic heterocycles. The molecule has 0 saturated carbocycles. The van der Waals surface area contributed by atoms with E-state index in [4.69, 9.17) is 5.11 Å². The van der Waals surface area contributed by atoms with Gasteiger partial charge < -0.3 is 15.3 Å². The first-order valence-electron chi connectivity index (χ1n) is 6.63. The summed E-state index contributed by atoms with van der Waals surface area (Å²) >= 11 is 0. The van der Waals surface area contributed by atoms with Gasteiger partial charge in [0.05, 0.1) is 6.54 Å². The van der Waals surface area contributed by atoms with Crippen molar-refractivity contribution < 1.29 is 14.7 Å². The summed E-state index contributed by atoms with van der Waals surface area (Å²) in [6.45, 7) is 4.42. The predicted octanol–water partition coefficient (Wildman–Crippen LogP) is -0.643. The van der Waals surface area contributed by atoms with Crippen LogP contribution in [-0.4, -0.2) is 72.1 Å². The second-order valence-electron chi connectivity index (χ2n) is 5.03. The number of likely N-dealkylation sites (tertiary alicyclic amines) is 1. The number of carbonyl (C=O) groups is 2. The molecule has 2 aliphatic heterocycles. The van der Waals surface area contributed by atoms with Gasteiger partial charge in [-0.1, -0.05) is 0 Å². The van der Waals surface area contributed by atoms with Gasteiger partial charge in [-0.25, -0.2) is 0 Å². The highest BCUT2D eigenvalue weighted by Crippen LogP contribution is 2.09. The van der Waals surface area contributed by atoms with Gasteiger partial charge in [0.1, 0.15) is 6.04 Å². The summed E-state index contributed by atoms with van der Waals surface area (Å²) < 4.78 is 0. The number of nitrogens with zero attached hydrogens (tertiary/aromatic N) is 2. The first kappa shape index (κ1) is 13.3. The fourth-order valence-corrected chi connectivity index (χ4v) is 2.67. The van der Waals surface area contributed by atoms with E-state index in [1.54, 1.807) is 4.90 Å². The van der Waals surface area contributed by atoms with Crippen molar-refractivity contribution in [2.24, 2.45) is 0 Å². The van der Waals surface area contributed by atoms with Crippen molar-refractivity contribution in [2.75, 3.05) is 39.3 Å². The lowest BCUT2D eigenvalue weighted by atomic mass is 10.1. The molecule has 0 radical (unpaired) electrons. The van der Waals surface area contributed by atoms with Crippen LogP contribution in [0.4, 0.5) is 0 Å². The smallest absolute Gasteiger partial charge is 0.322 e. The van der Waals surface area contributed by atoms with E-state index in [9.17, 15) is 9.59 Å². The Morgan fingerprint density at radius 2 is 2.06 bits per heavy atom. The largest absolute Gasteiger partial charge is 0.480 e. The second kappa shape index (κ2) is 6.15. The number of rotatable bonds is 5. The minimum absolute atomic E-state index is 0.0753. The van der Waals surface area contributed by atoms with Gasteiger partial charge >= 0.3 is 5.97 Å². The first-order chi connectivity index (χ1) is 8.66. The minimum Gasteiger partial charge on any atom is -0.480 e. The van der Waals surface area contributed by atoms with Crippen molar-refractivity contribution >= 4 is 11.9 Å². The molecule has 2 aliphatic rings. The molecule has 6 nitrogen and oxygen atoms in total. The van der Waals surface area contributed by atoms with Crippen LogP contribution in [0.2, 0.25) is 0 Å².